The normalized spacial score (nSPS) is 13.6. The lowest BCUT2D eigenvalue weighted by atomic mass is 9.97. The second-order valence-corrected chi connectivity index (χ2v) is 10.8. The van der Waals surface area contributed by atoms with Crippen LogP contribution in [0.1, 0.15) is 34.7 Å². The van der Waals surface area contributed by atoms with Crippen molar-refractivity contribution in [2.24, 2.45) is 0 Å². The Morgan fingerprint density at radius 2 is 1.94 bits per heavy atom. The molecular formula is C25H21ClN4OS2. The molecule has 3 heterocycles. The molecule has 0 fully saturated rings. The third-order valence-corrected chi connectivity index (χ3v) is 8.48. The van der Waals surface area contributed by atoms with Crippen molar-refractivity contribution in [3.05, 3.63) is 85.7 Å². The van der Waals surface area contributed by atoms with E-state index in [0.717, 1.165) is 45.7 Å². The summed E-state index contributed by atoms with van der Waals surface area (Å²) in [6.07, 6.45) is 4.39. The van der Waals surface area contributed by atoms with Crippen LogP contribution < -0.4 is 5.56 Å². The highest BCUT2D eigenvalue weighted by Gasteiger charge is 2.20. The number of hydrogen-bond donors (Lipinski definition) is 1. The number of aryl methyl sites for hydroxylation is 2. The van der Waals surface area contributed by atoms with Gasteiger partial charge < -0.3 is 9.55 Å². The standard InChI is InChI=1S/C25H21ClN4OS2/c26-16-10-11-19-18(12-16)27-25(30(19)13-15-6-2-1-3-7-15)32-14-21-28-23(31)22-17-8-4-5-9-20(17)33-24(22)29-21/h1-3,6-7,10-12H,4-5,8-9,13-14H2,(H,28,29,31). The topological polar surface area (TPSA) is 63.6 Å². The van der Waals surface area contributed by atoms with Crippen LogP contribution in [0, 0.1) is 0 Å². The zero-order chi connectivity index (χ0) is 22.4. The number of thiophene rings is 1. The Hall–Kier alpha value is -2.61. The van der Waals surface area contributed by atoms with Crippen molar-refractivity contribution in [1.82, 2.24) is 19.5 Å². The predicted octanol–water partition coefficient (Wildman–Crippen LogP) is 6.21. The molecule has 1 aliphatic carbocycles. The monoisotopic (exact) mass is 492 g/mol. The van der Waals surface area contributed by atoms with E-state index in [9.17, 15) is 4.79 Å². The second-order valence-electron chi connectivity index (χ2n) is 8.29. The summed E-state index contributed by atoms with van der Waals surface area (Å²) in [6.45, 7) is 0.710. The number of benzene rings is 2. The minimum atomic E-state index is -0.0143. The molecule has 0 saturated heterocycles. The molecule has 0 radical (unpaired) electrons. The lowest BCUT2D eigenvalue weighted by Crippen LogP contribution is -2.12. The minimum Gasteiger partial charge on any atom is -0.314 e. The van der Waals surface area contributed by atoms with Crippen molar-refractivity contribution in [2.75, 3.05) is 0 Å². The van der Waals surface area contributed by atoms with Crippen molar-refractivity contribution in [3.8, 4) is 0 Å². The van der Waals surface area contributed by atoms with Gasteiger partial charge in [-0.05, 0) is 55.0 Å². The Kier molecular flexibility index (Phi) is 5.48. The summed E-state index contributed by atoms with van der Waals surface area (Å²) < 4.78 is 2.20. The van der Waals surface area contributed by atoms with Crippen LogP contribution in [0.4, 0.5) is 0 Å². The molecule has 1 aliphatic rings. The number of imidazole rings is 1. The third-order valence-electron chi connectivity index (χ3n) is 6.07. The SMILES string of the molecule is O=c1[nH]c(CSc2nc3cc(Cl)ccc3n2Cc2ccccc2)nc2sc3c(c12)CCCC3. The first-order valence-electron chi connectivity index (χ1n) is 11.0. The van der Waals surface area contributed by atoms with E-state index in [1.807, 2.05) is 36.4 Å². The molecule has 0 amide bonds. The summed E-state index contributed by atoms with van der Waals surface area (Å²) >= 11 is 9.49. The molecule has 0 aliphatic heterocycles. The molecule has 166 valence electrons. The Morgan fingerprint density at radius 1 is 1.09 bits per heavy atom. The molecule has 0 bridgehead atoms. The highest BCUT2D eigenvalue weighted by molar-refractivity contribution is 7.98. The third kappa shape index (κ3) is 3.98. The van der Waals surface area contributed by atoms with E-state index in [1.54, 1.807) is 23.1 Å². The Morgan fingerprint density at radius 3 is 2.82 bits per heavy atom. The van der Waals surface area contributed by atoms with Crippen molar-refractivity contribution >= 4 is 55.9 Å². The van der Waals surface area contributed by atoms with Crippen molar-refractivity contribution in [1.29, 1.82) is 0 Å². The Bertz CT molecular complexity index is 1540. The van der Waals surface area contributed by atoms with Crippen molar-refractivity contribution < 1.29 is 0 Å². The number of aromatic amines is 1. The molecule has 8 heteroatoms. The predicted molar refractivity (Wildman–Crippen MR) is 137 cm³/mol. The van der Waals surface area contributed by atoms with Crippen LogP contribution in [0.3, 0.4) is 0 Å². The summed E-state index contributed by atoms with van der Waals surface area (Å²) in [6, 6.07) is 16.1. The maximum absolute atomic E-state index is 12.9. The lowest BCUT2D eigenvalue weighted by Gasteiger charge is -2.10. The Balaban J connectivity index is 1.34. The van der Waals surface area contributed by atoms with Crippen LogP contribution in [-0.2, 0) is 25.1 Å². The average Bonchev–Trinajstić information content (AvgIpc) is 3.36. The molecule has 0 unspecified atom stereocenters. The first kappa shape index (κ1) is 21.0. The number of aromatic nitrogens is 4. The zero-order valence-corrected chi connectivity index (χ0v) is 20.2. The van der Waals surface area contributed by atoms with E-state index in [0.29, 0.717) is 23.1 Å². The smallest absolute Gasteiger partial charge is 0.259 e. The Labute approximate surface area is 203 Å². The first-order chi connectivity index (χ1) is 16.2. The fourth-order valence-electron chi connectivity index (χ4n) is 4.52. The molecule has 6 rings (SSSR count). The van der Waals surface area contributed by atoms with Gasteiger partial charge in [-0.2, -0.15) is 0 Å². The molecule has 2 aromatic carbocycles. The van der Waals surface area contributed by atoms with Gasteiger partial charge in [-0.3, -0.25) is 4.79 Å². The van der Waals surface area contributed by atoms with Crippen molar-refractivity contribution in [2.45, 2.75) is 43.1 Å². The number of rotatable bonds is 5. The van der Waals surface area contributed by atoms with Gasteiger partial charge in [-0.15, -0.1) is 11.3 Å². The van der Waals surface area contributed by atoms with Gasteiger partial charge in [0.2, 0.25) is 0 Å². The number of H-pyrrole nitrogens is 1. The van der Waals surface area contributed by atoms with Gasteiger partial charge in [0.25, 0.3) is 5.56 Å². The largest absolute Gasteiger partial charge is 0.314 e. The van der Waals surface area contributed by atoms with Crippen LogP contribution in [-0.4, -0.2) is 19.5 Å². The number of nitrogens with one attached hydrogen (secondary N) is 1. The van der Waals surface area contributed by atoms with Crippen LogP contribution >= 0.6 is 34.7 Å². The average molecular weight is 493 g/mol. The van der Waals surface area contributed by atoms with Gasteiger partial charge in [0, 0.05) is 9.90 Å². The highest BCUT2D eigenvalue weighted by Crippen LogP contribution is 2.34. The van der Waals surface area contributed by atoms with E-state index < -0.39 is 0 Å². The van der Waals surface area contributed by atoms with Gasteiger partial charge in [-0.1, -0.05) is 53.7 Å². The second kappa shape index (κ2) is 8.63. The summed E-state index contributed by atoms with van der Waals surface area (Å²) in [4.78, 5) is 27.8. The van der Waals surface area contributed by atoms with Gasteiger partial charge in [0.05, 0.1) is 28.7 Å². The van der Waals surface area contributed by atoms with E-state index in [2.05, 4.69) is 21.7 Å². The molecule has 5 nitrogen and oxygen atoms in total. The van der Waals surface area contributed by atoms with Crippen LogP contribution in [0.2, 0.25) is 5.02 Å². The number of fused-ring (bicyclic) bond motifs is 4. The fourth-order valence-corrected chi connectivity index (χ4v) is 6.85. The van der Waals surface area contributed by atoms with Crippen LogP contribution in [0.5, 0.6) is 0 Å². The summed E-state index contributed by atoms with van der Waals surface area (Å²) in [7, 11) is 0. The van der Waals surface area contributed by atoms with Gasteiger partial charge in [-0.25, -0.2) is 9.97 Å². The molecule has 1 N–H and O–H groups in total. The summed E-state index contributed by atoms with van der Waals surface area (Å²) in [5.74, 6) is 1.23. The quantitative estimate of drug-likeness (QED) is 0.296. The van der Waals surface area contributed by atoms with Crippen LogP contribution in [0.25, 0.3) is 21.3 Å². The fraction of sp³-hybridized carbons (Fsp3) is 0.240. The molecule has 3 aromatic heterocycles. The maximum Gasteiger partial charge on any atom is 0.259 e. The maximum atomic E-state index is 12.9. The first-order valence-corrected chi connectivity index (χ1v) is 13.2. The molecule has 33 heavy (non-hydrogen) atoms. The van der Waals surface area contributed by atoms with Crippen LogP contribution in [0.15, 0.2) is 58.5 Å². The molecular weight excluding hydrogens is 472 g/mol. The van der Waals surface area contributed by atoms with E-state index in [-0.39, 0.29) is 5.56 Å². The summed E-state index contributed by atoms with van der Waals surface area (Å²) in [5, 5.41) is 2.35. The molecule has 0 saturated carbocycles. The number of nitrogens with zero attached hydrogens (tertiary/aromatic N) is 3. The molecule has 5 aromatic rings. The van der Waals surface area contributed by atoms with Gasteiger partial charge >= 0.3 is 0 Å². The van der Waals surface area contributed by atoms with E-state index in [1.165, 1.54) is 22.4 Å². The van der Waals surface area contributed by atoms with E-state index in [4.69, 9.17) is 21.6 Å². The molecule has 0 spiro atoms. The minimum absolute atomic E-state index is 0.0143. The van der Waals surface area contributed by atoms with Gasteiger partial charge in [0.1, 0.15) is 10.7 Å². The van der Waals surface area contributed by atoms with E-state index >= 15 is 0 Å². The summed E-state index contributed by atoms with van der Waals surface area (Å²) in [5.41, 5.74) is 4.30. The van der Waals surface area contributed by atoms with Gasteiger partial charge in [0.15, 0.2) is 5.16 Å². The number of halogens is 1. The zero-order valence-electron chi connectivity index (χ0n) is 17.8. The number of hydrogen-bond acceptors (Lipinski definition) is 5. The number of thioether (sulfide) groups is 1. The highest BCUT2D eigenvalue weighted by atomic mass is 35.5. The van der Waals surface area contributed by atoms with Crippen molar-refractivity contribution in [3.63, 3.8) is 0 Å². The molecule has 0 atom stereocenters. The lowest BCUT2D eigenvalue weighted by molar-refractivity contribution is 0.700.